The summed E-state index contributed by atoms with van der Waals surface area (Å²) >= 11 is 0. The molecule has 5 heterocycles. The number of rotatable bonds is 15. The normalized spacial score (nSPS) is 53.7. The maximum Gasteiger partial charge on any atom is 0.315 e. The highest BCUT2D eigenvalue weighted by atomic mass is 16.8. The first-order valence-electron chi connectivity index (χ1n) is 30.9. The maximum absolute atomic E-state index is 15.7. The van der Waals surface area contributed by atoms with Gasteiger partial charge >= 0.3 is 11.9 Å². The number of fused-ring (bicyclic) bond motifs is 7. The van der Waals surface area contributed by atoms with Gasteiger partial charge in [0.05, 0.1) is 50.0 Å². The smallest absolute Gasteiger partial charge is 0.315 e. The molecule has 29 nitrogen and oxygen atoms in total. The molecule has 5 aliphatic carbocycles. The van der Waals surface area contributed by atoms with Crippen LogP contribution in [0.5, 0.6) is 0 Å². The van der Waals surface area contributed by atoms with E-state index in [4.69, 9.17) is 47.4 Å². The second-order valence-electron chi connectivity index (χ2n) is 28.4. The lowest BCUT2D eigenvalue weighted by atomic mass is 9.33. The predicted octanol–water partition coefficient (Wildman–Crippen LogP) is -4.51. The summed E-state index contributed by atoms with van der Waals surface area (Å²) in [6.07, 6.45) is -37.3. The SMILES string of the molecule is CC1(C)CC[C@]2(C(=O)O[C@@H]3O[C@H](CO[C@@H]4O[C@H](CO)[C@@H](O)[C@H](O)[C@H]4O[C@@H]4O[C@H](CO)[C@@H](O)[C@H](O)[C@H]4O)[C@@H](O)[C@H](O[C@@H]4O[C@H](CO)[C@@H](O)[C@H](O)[C@H]4O)[C@H]3O)CC[C@]3(C)C(=CC[C@@H]4[C@@]5(C)CC[C@H](O[C@@H]6OC[C@@H](O)[C@H](O)[C@H]6O)[C@@](C)(C(=O)O)C5CC[C@]43C)[C@@H]2C1. The third-order valence-electron chi connectivity index (χ3n) is 23.3. The fourth-order valence-electron chi connectivity index (χ4n) is 17.5. The summed E-state index contributed by atoms with van der Waals surface area (Å²) in [5.41, 5.74) is -3.46. The van der Waals surface area contributed by atoms with Crippen LogP contribution in [0.3, 0.4) is 0 Å². The molecule has 5 saturated heterocycles. The Bertz CT molecular complexity index is 2490. The van der Waals surface area contributed by atoms with Crippen molar-refractivity contribution in [1.82, 2.24) is 0 Å². The molecule has 33 atom stereocenters. The minimum atomic E-state index is -2.11. The highest BCUT2D eigenvalue weighted by molar-refractivity contribution is 5.79. The van der Waals surface area contributed by atoms with E-state index in [1.165, 1.54) is 0 Å². The van der Waals surface area contributed by atoms with Crippen molar-refractivity contribution in [3.8, 4) is 0 Å². The van der Waals surface area contributed by atoms with Crippen LogP contribution in [0.4, 0.5) is 0 Å². The molecule has 10 rings (SSSR count). The van der Waals surface area contributed by atoms with Gasteiger partial charge in [-0.3, -0.25) is 9.59 Å². The number of aliphatic hydroxyl groups is 16. The second kappa shape index (κ2) is 25.4. The molecule has 504 valence electrons. The lowest BCUT2D eigenvalue weighted by Crippen LogP contribution is -2.67. The Kier molecular flexibility index (Phi) is 19.8. The van der Waals surface area contributed by atoms with Crippen molar-refractivity contribution in [2.75, 3.05) is 33.0 Å². The van der Waals surface area contributed by atoms with Gasteiger partial charge in [0, 0.05) is 0 Å². The van der Waals surface area contributed by atoms with Gasteiger partial charge in [0.25, 0.3) is 0 Å². The summed E-state index contributed by atoms with van der Waals surface area (Å²) < 4.78 is 59.3. The zero-order chi connectivity index (χ0) is 64.3. The monoisotopic (exact) mass is 1270 g/mol. The van der Waals surface area contributed by atoms with E-state index in [9.17, 15) is 91.6 Å². The Labute approximate surface area is 508 Å². The number of hydrogen-bond acceptors (Lipinski definition) is 28. The number of hydrogen-bond donors (Lipinski definition) is 17. The molecule has 29 heteroatoms. The van der Waals surface area contributed by atoms with Crippen LogP contribution in [0, 0.1) is 50.2 Å². The molecule has 17 N–H and O–H groups in total. The molecule has 9 fully saturated rings. The van der Waals surface area contributed by atoms with Crippen LogP contribution >= 0.6 is 0 Å². The zero-order valence-corrected chi connectivity index (χ0v) is 50.4. The Balaban J connectivity index is 0.931. The lowest BCUT2D eigenvalue weighted by Gasteiger charge is -2.71. The minimum absolute atomic E-state index is 0.0508. The van der Waals surface area contributed by atoms with E-state index in [2.05, 4.69) is 40.7 Å². The summed E-state index contributed by atoms with van der Waals surface area (Å²) in [5, 5.41) is 183. The first-order chi connectivity index (χ1) is 41.3. The number of carboxylic acids is 1. The van der Waals surface area contributed by atoms with Crippen molar-refractivity contribution in [3.05, 3.63) is 11.6 Å². The molecule has 4 saturated carbocycles. The van der Waals surface area contributed by atoms with Crippen molar-refractivity contribution in [3.63, 3.8) is 0 Å². The van der Waals surface area contributed by atoms with Gasteiger partial charge in [-0.05, 0) is 111 Å². The molecule has 0 aromatic carbocycles. The predicted molar refractivity (Wildman–Crippen MR) is 291 cm³/mol. The zero-order valence-electron chi connectivity index (χ0n) is 50.4. The van der Waals surface area contributed by atoms with Gasteiger partial charge in [-0.2, -0.15) is 0 Å². The van der Waals surface area contributed by atoms with Crippen molar-refractivity contribution in [2.24, 2.45) is 50.2 Å². The quantitative estimate of drug-likeness (QED) is 0.0417. The molecule has 0 aromatic rings. The summed E-state index contributed by atoms with van der Waals surface area (Å²) in [4.78, 5) is 29.4. The average molecular weight is 1270 g/mol. The van der Waals surface area contributed by atoms with Crippen molar-refractivity contribution < 1.29 is 144 Å². The van der Waals surface area contributed by atoms with E-state index < -0.39 is 231 Å². The van der Waals surface area contributed by atoms with E-state index in [0.717, 1.165) is 5.57 Å². The Hall–Kier alpha value is -2.32. The van der Waals surface area contributed by atoms with Crippen molar-refractivity contribution >= 4 is 11.9 Å². The largest absolute Gasteiger partial charge is 0.481 e. The molecule has 0 spiro atoms. The molecule has 0 amide bonds. The molecule has 0 radical (unpaired) electrons. The summed E-state index contributed by atoms with van der Waals surface area (Å²) in [7, 11) is 0. The van der Waals surface area contributed by atoms with Crippen LogP contribution in [0.1, 0.15) is 106 Å². The van der Waals surface area contributed by atoms with Gasteiger partial charge in [-0.15, -0.1) is 0 Å². The lowest BCUT2D eigenvalue weighted by molar-refractivity contribution is -0.377. The maximum atomic E-state index is 15.7. The summed E-state index contributed by atoms with van der Waals surface area (Å²) in [6.45, 7) is 8.83. The Morgan fingerprint density at radius 1 is 0.534 bits per heavy atom. The van der Waals surface area contributed by atoms with E-state index in [1.807, 2.05) is 0 Å². The number of carbonyl (C=O) groups excluding carboxylic acids is 1. The molecule has 1 unspecified atom stereocenters. The first kappa shape index (κ1) is 68.5. The number of allylic oxidation sites excluding steroid dienone is 2. The number of ether oxygens (including phenoxy) is 10. The van der Waals surface area contributed by atoms with Gasteiger partial charge in [-0.1, -0.05) is 46.3 Å². The van der Waals surface area contributed by atoms with Crippen molar-refractivity contribution in [1.29, 1.82) is 0 Å². The molecular formula is C59H94O29. The van der Waals surface area contributed by atoms with E-state index in [0.29, 0.717) is 64.2 Å². The van der Waals surface area contributed by atoms with Crippen LogP contribution in [0.25, 0.3) is 0 Å². The third kappa shape index (κ3) is 11.3. The topological polar surface area (TPSA) is 470 Å². The number of aliphatic carboxylic acids is 1. The van der Waals surface area contributed by atoms with E-state index in [-0.39, 0.29) is 17.9 Å². The van der Waals surface area contributed by atoms with Crippen LogP contribution in [0.2, 0.25) is 0 Å². The fraction of sp³-hybridized carbons (Fsp3) is 0.932. The second-order valence-corrected chi connectivity index (χ2v) is 28.4. The van der Waals surface area contributed by atoms with Crippen LogP contribution in [0.15, 0.2) is 11.6 Å². The molecule has 0 aromatic heterocycles. The first-order valence-corrected chi connectivity index (χ1v) is 30.9. The standard InChI is InChI=1S/C59H94O29/c1-54(2)13-15-59(16-14-56(4)23(24(59)17-54)7-8-30-55(3)11-10-32(85-47-41(72)33(64)25(63)21-79-47)58(6,52(76)77)31(55)9-12-57(30,56)5)53(78)88-50-44(75)45(86-48-42(73)38(69)34(65)26(18-60)81-48)37(68)29(84-50)22-80-51-46(40(71)36(67)28(20-62)83-51)87-49-43(74)39(70)35(66)27(19-61)82-49/h7,24-51,60-75H,8-22H2,1-6H3,(H,76,77)/t24-,25+,26+,27+,28+,29+,30+,31?,32-,33-,34+,35+,36+,37+,38-,39-,40-,41+,42+,43+,44+,45-,46+,47-,48-,49-,50-,51+,55+,56+,57+,58-,59-/m0/s1. The third-order valence-corrected chi connectivity index (χ3v) is 23.3. The van der Waals surface area contributed by atoms with E-state index >= 15 is 4.79 Å². The van der Waals surface area contributed by atoms with Gasteiger partial charge in [-0.25, -0.2) is 0 Å². The molecule has 88 heavy (non-hydrogen) atoms. The number of carboxylic acid groups (broad SMARTS) is 1. The van der Waals surface area contributed by atoms with E-state index in [1.54, 1.807) is 6.92 Å². The van der Waals surface area contributed by atoms with Crippen molar-refractivity contribution in [2.45, 2.75) is 259 Å². The summed E-state index contributed by atoms with van der Waals surface area (Å²) in [6, 6.07) is 0. The Morgan fingerprint density at radius 3 is 1.67 bits per heavy atom. The van der Waals surface area contributed by atoms with Crippen LogP contribution in [-0.4, -0.2) is 285 Å². The highest BCUT2D eigenvalue weighted by Crippen LogP contribution is 2.76. The number of aliphatic hydroxyl groups excluding tert-OH is 16. The van der Waals surface area contributed by atoms with Gasteiger partial charge in [0.15, 0.2) is 25.2 Å². The van der Waals surface area contributed by atoms with Crippen LogP contribution in [-0.2, 0) is 57.0 Å². The Morgan fingerprint density at radius 2 is 1.08 bits per heavy atom. The summed E-state index contributed by atoms with van der Waals surface area (Å²) in [5.74, 6) is -2.72. The minimum Gasteiger partial charge on any atom is -0.481 e. The fourth-order valence-corrected chi connectivity index (χ4v) is 17.5. The average Bonchev–Trinajstić information content (AvgIpc) is 0.694. The molecular weight excluding hydrogens is 1170 g/mol. The number of esters is 1. The van der Waals surface area contributed by atoms with Gasteiger partial charge in [0.1, 0.15) is 116 Å². The highest BCUT2D eigenvalue weighted by Gasteiger charge is 2.72. The molecule has 10 aliphatic rings. The van der Waals surface area contributed by atoms with Gasteiger partial charge < -0.3 is 134 Å². The number of carbonyl (C=O) groups is 2. The molecule has 5 aliphatic heterocycles. The van der Waals surface area contributed by atoms with Crippen LogP contribution < -0.4 is 0 Å². The van der Waals surface area contributed by atoms with Gasteiger partial charge in [0.2, 0.25) is 6.29 Å². The molecule has 0 bridgehead atoms.